The van der Waals surface area contributed by atoms with Crippen LogP contribution in [0.3, 0.4) is 0 Å². The predicted octanol–water partition coefficient (Wildman–Crippen LogP) is 2.18. The highest BCUT2D eigenvalue weighted by Gasteiger charge is 2.32. The Bertz CT molecular complexity index is 286. The van der Waals surface area contributed by atoms with Gasteiger partial charge in [0.2, 0.25) is 0 Å². The fourth-order valence-corrected chi connectivity index (χ4v) is 1.77. The molecule has 2 heteroatoms. The lowest BCUT2D eigenvalue weighted by molar-refractivity contribution is 0.294. The fourth-order valence-electron chi connectivity index (χ4n) is 1.77. The molecule has 0 aromatic heterocycles. The van der Waals surface area contributed by atoms with Crippen molar-refractivity contribution in [2.45, 2.75) is 13.8 Å². The van der Waals surface area contributed by atoms with E-state index in [9.17, 15) is 0 Å². The summed E-state index contributed by atoms with van der Waals surface area (Å²) in [5.74, 6) is 1.23. The van der Waals surface area contributed by atoms with Crippen molar-refractivity contribution >= 4 is 5.90 Å². The van der Waals surface area contributed by atoms with Gasteiger partial charge in [-0.05, 0) is 5.41 Å². The van der Waals surface area contributed by atoms with Crippen molar-refractivity contribution in [3.8, 4) is 0 Å². The lowest BCUT2D eigenvalue weighted by Gasteiger charge is -2.30. The van der Waals surface area contributed by atoms with Gasteiger partial charge in [0.1, 0.15) is 6.61 Å². The Balaban J connectivity index is 2.22. The van der Waals surface area contributed by atoms with Crippen molar-refractivity contribution in [2.24, 2.45) is 16.3 Å². The molecule has 0 aromatic rings. The molecule has 1 unspecified atom stereocenters. The van der Waals surface area contributed by atoms with E-state index in [2.05, 4.69) is 43.1 Å². The summed E-state index contributed by atoms with van der Waals surface area (Å²) in [6.07, 6.45) is 8.54. The van der Waals surface area contributed by atoms with Crippen LogP contribution in [-0.4, -0.2) is 19.0 Å². The molecule has 70 valence electrons. The van der Waals surface area contributed by atoms with Crippen molar-refractivity contribution in [3.63, 3.8) is 0 Å². The molecular weight excluding hydrogens is 162 g/mol. The van der Waals surface area contributed by atoms with Crippen molar-refractivity contribution in [1.29, 1.82) is 0 Å². The highest BCUT2D eigenvalue weighted by atomic mass is 16.5. The molecule has 2 nitrogen and oxygen atoms in total. The summed E-state index contributed by atoms with van der Waals surface area (Å²) in [6.45, 7) is 5.99. The summed E-state index contributed by atoms with van der Waals surface area (Å²) in [4.78, 5) is 4.36. The Morgan fingerprint density at radius 1 is 1.46 bits per heavy atom. The molecule has 0 saturated heterocycles. The molecule has 0 fully saturated rings. The molecule has 0 aromatic carbocycles. The molecule has 2 aliphatic rings. The molecular formula is C11H15NO. The lowest BCUT2D eigenvalue weighted by Crippen LogP contribution is -2.29. The number of nitrogens with zero attached hydrogens (tertiary/aromatic N) is 1. The standard InChI is InChI=1S/C11H15NO/c1-11(2)6-4-3-5-9(11)10-12-7-8-13-10/h3-6,9H,7-8H2,1-2H3. The van der Waals surface area contributed by atoms with E-state index in [0.29, 0.717) is 5.92 Å². The van der Waals surface area contributed by atoms with Crippen molar-refractivity contribution in [1.82, 2.24) is 0 Å². The monoisotopic (exact) mass is 177 g/mol. The van der Waals surface area contributed by atoms with Crippen molar-refractivity contribution in [2.75, 3.05) is 13.2 Å². The number of hydrogen-bond acceptors (Lipinski definition) is 2. The highest BCUT2D eigenvalue weighted by molar-refractivity contribution is 5.83. The van der Waals surface area contributed by atoms with Gasteiger partial charge in [-0.25, -0.2) is 0 Å². The second-order valence-corrected chi connectivity index (χ2v) is 4.11. The zero-order chi connectivity index (χ0) is 9.31. The van der Waals surface area contributed by atoms with Gasteiger partial charge >= 0.3 is 0 Å². The molecule has 0 saturated carbocycles. The van der Waals surface area contributed by atoms with Gasteiger partial charge in [-0.1, -0.05) is 38.2 Å². The minimum absolute atomic E-state index is 0.137. The zero-order valence-electron chi connectivity index (χ0n) is 8.16. The van der Waals surface area contributed by atoms with E-state index in [-0.39, 0.29) is 5.41 Å². The SMILES string of the molecule is CC1(C)C=CC=CC1C1=NCCO1. The third-order valence-electron chi connectivity index (χ3n) is 2.62. The number of aliphatic imine (C=N–C) groups is 1. The maximum atomic E-state index is 5.49. The summed E-state index contributed by atoms with van der Waals surface area (Å²) in [7, 11) is 0. The second kappa shape index (κ2) is 3.02. The molecule has 0 radical (unpaired) electrons. The van der Waals surface area contributed by atoms with Gasteiger partial charge in [0.15, 0.2) is 5.90 Å². The molecule has 13 heavy (non-hydrogen) atoms. The van der Waals surface area contributed by atoms with Crippen LogP contribution in [0, 0.1) is 11.3 Å². The first-order valence-corrected chi connectivity index (χ1v) is 4.73. The van der Waals surface area contributed by atoms with Crippen LogP contribution in [0.2, 0.25) is 0 Å². The van der Waals surface area contributed by atoms with Crippen LogP contribution in [0.5, 0.6) is 0 Å². The van der Waals surface area contributed by atoms with E-state index in [4.69, 9.17) is 4.74 Å². The average Bonchev–Trinajstić information content (AvgIpc) is 2.55. The van der Waals surface area contributed by atoms with Crippen LogP contribution >= 0.6 is 0 Å². The first kappa shape index (κ1) is 8.54. The smallest absolute Gasteiger partial charge is 0.191 e. The van der Waals surface area contributed by atoms with Crippen molar-refractivity contribution in [3.05, 3.63) is 24.3 Å². The molecule has 1 heterocycles. The van der Waals surface area contributed by atoms with Gasteiger partial charge in [-0.2, -0.15) is 0 Å². The van der Waals surface area contributed by atoms with Gasteiger partial charge in [0, 0.05) is 0 Å². The van der Waals surface area contributed by atoms with E-state index in [1.165, 1.54) is 0 Å². The number of allylic oxidation sites excluding steroid dienone is 3. The summed E-state index contributed by atoms with van der Waals surface area (Å²) in [5, 5.41) is 0. The third kappa shape index (κ3) is 1.53. The Morgan fingerprint density at radius 2 is 2.31 bits per heavy atom. The summed E-state index contributed by atoms with van der Waals surface area (Å²) in [6, 6.07) is 0. The maximum Gasteiger partial charge on any atom is 0.191 e. The van der Waals surface area contributed by atoms with Gasteiger partial charge < -0.3 is 4.74 Å². The Hall–Kier alpha value is -1.05. The molecule has 1 aliphatic carbocycles. The first-order chi connectivity index (χ1) is 6.20. The maximum absolute atomic E-state index is 5.49. The van der Waals surface area contributed by atoms with E-state index in [0.717, 1.165) is 19.0 Å². The predicted molar refractivity (Wildman–Crippen MR) is 53.8 cm³/mol. The molecule has 0 amide bonds. The largest absolute Gasteiger partial charge is 0.479 e. The molecule has 0 bridgehead atoms. The van der Waals surface area contributed by atoms with E-state index in [1.807, 2.05) is 0 Å². The highest BCUT2D eigenvalue weighted by Crippen LogP contribution is 2.34. The fraction of sp³-hybridized carbons (Fsp3) is 0.545. The van der Waals surface area contributed by atoms with Gasteiger partial charge in [-0.3, -0.25) is 4.99 Å². The third-order valence-corrected chi connectivity index (χ3v) is 2.62. The number of ether oxygens (including phenoxy) is 1. The van der Waals surface area contributed by atoms with Crippen LogP contribution in [-0.2, 0) is 4.74 Å². The minimum atomic E-state index is 0.137. The van der Waals surface area contributed by atoms with Gasteiger partial charge in [0.05, 0.1) is 12.5 Å². The first-order valence-electron chi connectivity index (χ1n) is 4.73. The summed E-state index contributed by atoms with van der Waals surface area (Å²) >= 11 is 0. The quantitative estimate of drug-likeness (QED) is 0.601. The minimum Gasteiger partial charge on any atom is -0.479 e. The van der Waals surface area contributed by atoms with E-state index >= 15 is 0 Å². The van der Waals surface area contributed by atoms with Crippen LogP contribution < -0.4 is 0 Å². The topological polar surface area (TPSA) is 21.6 Å². The summed E-state index contributed by atoms with van der Waals surface area (Å²) in [5.41, 5.74) is 0.137. The van der Waals surface area contributed by atoms with Crippen LogP contribution in [0.4, 0.5) is 0 Å². The van der Waals surface area contributed by atoms with Crippen LogP contribution in [0.25, 0.3) is 0 Å². The van der Waals surface area contributed by atoms with Gasteiger partial charge in [0.25, 0.3) is 0 Å². The lowest BCUT2D eigenvalue weighted by atomic mass is 9.76. The summed E-state index contributed by atoms with van der Waals surface area (Å²) < 4.78 is 5.49. The van der Waals surface area contributed by atoms with Crippen LogP contribution in [0.1, 0.15) is 13.8 Å². The second-order valence-electron chi connectivity index (χ2n) is 4.11. The molecule has 2 rings (SSSR count). The Morgan fingerprint density at radius 3 is 2.92 bits per heavy atom. The number of rotatable bonds is 1. The molecule has 1 atom stereocenters. The molecule has 1 aliphatic heterocycles. The Labute approximate surface area is 79.0 Å². The normalized spacial score (nSPS) is 30.0. The molecule has 0 N–H and O–H groups in total. The zero-order valence-corrected chi connectivity index (χ0v) is 8.16. The van der Waals surface area contributed by atoms with Crippen LogP contribution in [0.15, 0.2) is 29.3 Å². The average molecular weight is 177 g/mol. The van der Waals surface area contributed by atoms with Crippen molar-refractivity contribution < 1.29 is 4.74 Å². The number of hydrogen-bond donors (Lipinski definition) is 0. The van der Waals surface area contributed by atoms with Gasteiger partial charge in [-0.15, -0.1) is 0 Å². The van der Waals surface area contributed by atoms with E-state index in [1.54, 1.807) is 0 Å². The Kier molecular flexibility index (Phi) is 1.98. The van der Waals surface area contributed by atoms with E-state index < -0.39 is 0 Å². The molecule has 0 spiro atoms.